The number of hydrogen-bond donors (Lipinski definition) is 1. The molecule has 0 saturated carbocycles. The Hall–Kier alpha value is -1.76. The molecule has 0 amide bonds. The van der Waals surface area contributed by atoms with Crippen LogP contribution in [0.1, 0.15) is 18.5 Å². The summed E-state index contributed by atoms with van der Waals surface area (Å²) in [6.45, 7) is 3.48. The zero-order valence-electron chi connectivity index (χ0n) is 9.83. The Morgan fingerprint density at radius 3 is 2.78 bits per heavy atom. The molecule has 1 unspecified atom stereocenters. The highest BCUT2D eigenvalue weighted by molar-refractivity contribution is 9.10. The zero-order chi connectivity index (χ0) is 13.3. The van der Waals surface area contributed by atoms with Crippen molar-refractivity contribution in [2.45, 2.75) is 19.9 Å². The van der Waals surface area contributed by atoms with Gasteiger partial charge in [0, 0.05) is 10.0 Å². The van der Waals surface area contributed by atoms with Gasteiger partial charge in [0.2, 0.25) is 0 Å². The van der Waals surface area contributed by atoms with Crippen molar-refractivity contribution >= 4 is 21.9 Å². The van der Waals surface area contributed by atoms with Gasteiger partial charge in [-0.3, -0.25) is 0 Å². The molecule has 0 aliphatic heterocycles. The van der Waals surface area contributed by atoms with Crippen molar-refractivity contribution < 1.29 is 9.90 Å². The van der Waals surface area contributed by atoms with Crippen LogP contribution in [0.5, 0.6) is 0 Å². The molecule has 1 N–H and O–H groups in total. The fraction of sp³-hybridized carbons (Fsp3) is 0.273. The third kappa shape index (κ3) is 2.40. The van der Waals surface area contributed by atoms with E-state index in [2.05, 4.69) is 31.5 Å². The van der Waals surface area contributed by atoms with E-state index in [-0.39, 0.29) is 0 Å². The van der Waals surface area contributed by atoms with Crippen LogP contribution in [-0.2, 0) is 4.79 Å². The maximum atomic E-state index is 11.0. The zero-order valence-corrected chi connectivity index (χ0v) is 11.4. The largest absolute Gasteiger partial charge is 0.480 e. The van der Waals surface area contributed by atoms with Gasteiger partial charge in [-0.1, -0.05) is 15.9 Å². The number of rotatable bonds is 3. The first-order valence-electron chi connectivity index (χ1n) is 5.27. The first-order chi connectivity index (χ1) is 8.49. The Kier molecular flexibility index (Phi) is 3.42. The molecule has 18 heavy (non-hydrogen) atoms. The first kappa shape index (κ1) is 12.7. The molecule has 0 aliphatic carbocycles. The summed E-state index contributed by atoms with van der Waals surface area (Å²) in [5.41, 5.74) is 1.82. The van der Waals surface area contributed by atoms with Crippen molar-refractivity contribution in [1.29, 1.82) is 0 Å². The molecule has 0 spiro atoms. The van der Waals surface area contributed by atoms with E-state index in [4.69, 9.17) is 5.11 Å². The van der Waals surface area contributed by atoms with Crippen LogP contribution in [0, 0.1) is 6.92 Å². The van der Waals surface area contributed by atoms with Crippen molar-refractivity contribution in [3.05, 3.63) is 28.2 Å². The summed E-state index contributed by atoms with van der Waals surface area (Å²) in [6.07, 6.45) is 0. The van der Waals surface area contributed by atoms with E-state index < -0.39 is 12.0 Å². The average Bonchev–Trinajstić information content (AvgIpc) is 2.75. The second kappa shape index (κ2) is 4.85. The Balaban J connectivity index is 2.51. The minimum Gasteiger partial charge on any atom is -0.480 e. The van der Waals surface area contributed by atoms with E-state index in [0.29, 0.717) is 5.82 Å². The van der Waals surface area contributed by atoms with E-state index in [9.17, 15) is 4.79 Å². The molecular weight excluding hydrogens is 300 g/mol. The first-order valence-corrected chi connectivity index (χ1v) is 6.06. The van der Waals surface area contributed by atoms with E-state index in [1.807, 2.05) is 25.1 Å². The van der Waals surface area contributed by atoms with Crippen molar-refractivity contribution in [1.82, 2.24) is 20.2 Å². The number of carboxylic acids is 1. The van der Waals surface area contributed by atoms with E-state index in [1.165, 1.54) is 11.6 Å². The summed E-state index contributed by atoms with van der Waals surface area (Å²) in [5, 5.41) is 20.2. The number of halogens is 1. The molecule has 0 radical (unpaired) electrons. The van der Waals surface area contributed by atoms with Crippen molar-refractivity contribution in [3.63, 3.8) is 0 Å². The SMILES string of the molecule is Cc1cc(Br)cc(-c2nnnn2C(C)C(=O)O)c1. The van der Waals surface area contributed by atoms with Crippen LogP contribution in [0.2, 0.25) is 0 Å². The molecule has 1 aromatic heterocycles. The Morgan fingerprint density at radius 1 is 1.44 bits per heavy atom. The number of benzene rings is 1. The van der Waals surface area contributed by atoms with Gasteiger partial charge in [0.05, 0.1) is 0 Å². The lowest BCUT2D eigenvalue weighted by molar-refractivity contribution is -0.140. The quantitative estimate of drug-likeness (QED) is 0.938. The van der Waals surface area contributed by atoms with Crippen molar-refractivity contribution in [2.75, 3.05) is 0 Å². The highest BCUT2D eigenvalue weighted by Gasteiger charge is 2.20. The fourth-order valence-electron chi connectivity index (χ4n) is 1.61. The standard InChI is InChI=1S/C11H11BrN4O2/c1-6-3-8(5-9(12)4-6)10-13-14-15-16(10)7(2)11(17)18/h3-5,7H,1-2H3,(H,17,18). The molecular formula is C11H11BrN4O2. The second-order valence-electron chi connectivity index (χ2n) is 3.98. The predicted octanol–water partition coefficient (Wildman–Crippen LogP) is 2.06. The normalized spacial score (nSPS) is 12.4. The fourth-order valence-corrected chi connectivity index (χ4v) is 2.22. The lowest BCUT2D eigenvalue weighted by Gasteiger charge is -2.09. The third-order valence-corrected chi connectivity index (χ3v) is 2.98. The van der Waals surface area contributed by atoms with Crippen LogP contribution >= 0.6 is 15.9 Å². The minimum atomic E-state index is -0.977. The summed E-state index contributed by atoms with van der Waals surface area (Å²) in [6, 6.07) is 4.90. The van der Waals surface area contributed by atoms with E-state index in [1.54, 1.807) is 0 Å². The van der Waals surface area contributed by atoms with E-state index in [0.717, 1.165) is 15.6 Å². The number of nitrogens with zero attached hydrogens (tertiary/aromatic N) is 4. The predicted molar refractivity (Wildman–Crippen MR) is 68.0 cm³/mol. The number of carbonyl (C=O) groups is 1. The molecule has 1 aromatic carbocycles. The molecule has 2 aromatic rings. The van der Waals surface area contributed by atoms with Gasteiger partial charge < -0.3 is 5.11 Å². The Bertz CT molecular complexity index is 576. The summed E-state index contributed by atoms with van der Waals surface area (Å²) in [5.74, 6) is -0.537. The summed E-state index contributed by atoms with van der Waals surface area (Å²) in [4.78, 5) is 11.0. The number of aromatic nitrogens is 4. The molecule has 0 aliphatic rings. The molecule has 6 nitrogen and oxygen atoms in total. The van der Waals surface area contributed by atoms with Crippen LogP contribution < -0.4 is 0 Å². The number of hydrogen-bond acceptors (Lipinski definition) is 4. The monoisotopic (exact) mass is 310 g/mol. The lowest BCUT2D eigenvalue weighted by Crippen LogP contribution is -2.18. The van der Waals surface area contributed by atoms with Crippen LogP contribution in [0.3, 0.4) is 0 Å². The number of carboxylic acid groups (broad SMARTS) is 1. The Morgan fingerprint density at radius 2 is 2.17 bits per heavy atom. The van der Waals surface area contributed by atoms with Crippen LogP contribution in [0.4, 0.5) is 0 Å². The van der Waals surface area contributed by atoms with Gasteiger partial charge in [-0.2, -0.15) is 0 Å². The Labute approximate surface area is 112 Å². The molecule has 1 atom stereocenters. The topological polar surface area (TPSA) is 80.9 Å². The van der Waals surface area contributed by atoms with Gasteiger partial charge in [0.1, 0.15) is 0 Å². The van der Waals surface area contributed by atoms with Gasteiger partial charge in [-0.05, 0) is 48.0 Å². The van der Waals surface area contributed by atoms with Gasteiger partial charge in [-0.25, -0.2) is 9.48 Å². The van der Waals surface area contributed by atoms with Crippen molar-refractivity contribution in [3.8, 4) is 11.4 Å². The minimum absolute atomic E-state index is 0.439. The number of aliphatic carboxylic acids is 1. The highest BCUT2D eigenvalue weighted by Crippen LogP contribution is 2.24. The molecule has 0 saturated heterocycles. The molecule has 2 rings (SSSR count). The molecule has 94 valence electrons. The van der Waals surface area contributed by atoms with Crippen LogP contribution in [0.15, 0.2) is 22.7 Å². The maximum absolute atomic E-state index is 11.0. The van der Waals surface area contributed by atoms with E-state index >= 15 is 0 Å². The smallest absolute Gasteiger partial charge is 0.328 e. The third-order valence-electron chi connectivity index (χ3n) is 2.52. The molecule has 7 heteroatoms. The number of aryl methyl sites for hydroxylation is 1. The molecule has 0 fully saturated rings. The summed E-state index contributed by atoms with van der Waals surface area (Å²) >= 11 is 3.39. The van der Waals surface area contributed by atoms with Crippen LogP contribution in [-0.4, -0.2) is 31.3 Å². The van der Waals surface area contributed by atoms with Gasteiger partial charge >= 0.3 is 5.97 Å². The van der Waals surface area contributed by atoms with Gasteiger partial charge in [0.25, 0.3) is 0 Å². The summed E-state index contributed by atoms with van der Waals surface area (Å²) in [7, 11) is 0. The molecule has 1 heterocycles. The van der Waals surface area contributed by atoms with Crippen molar-refractivity contribution in [2.24, 2.45) is 0 Å². The molecule has 0 bridgehead atoms. The highest BCUT2D eigenvalue weighted by atomic mass is 79.9. The number of tetrazole rings is 1. The van der Waals surface area contributed by atoms with Gasteiger partial charge in [-0.15, -0.1) is 5.10 Å². The van der Waals surface area contributed by atoms with Gasteiger partial charge in [0.15, 0.2) is 11.9 Å². The lowest BCUT2D eigenvalue weighted by atomic mass is 10.1. The second-order valence-corrected chi connectivity index (χ2v) is 4.89. The summed E-state index contributed by atoms with van der Waals surface area (Å²) < 4.78 is 2.19. The van der Waals surface area contributed by atoms with Crippen LogP contribution in [0.25, 0.3) is 11.4 Å². The average molecular weight is 311 g/mol. The maximum Gasteiger partial charge on any atom is 0.328 e.